The van der Waals surface area contributed by atoms with Crippen molar-refractivity contribution in [1.29, 1.82) is 0 Å². The lowest BCUT2D eigenvalue weighted by atomic mass is 9.95. The van der Waals surface area contributed by atoms with Crippen LogP contribution in [-0.2, 0) is 22.9 Å². The fourth-order valence-corrected chi connectivity index (χ4v) is 7.66. The van der Waals surface area contributed by atoms with E-state index in [2.05, 4.69) is 33.9 Å². The lowest BCUT2D eigenvalue weighted by molar-refractivity contribution is 0.154. The van der Waals surface area contributed by atoms with Crippen LogP contribution >= 0.6 is 23.6 Å². The summed E-state index contributed by atoms with van der Waals surface area (Å²) in [6, 6.07) is 4.74. The molecule has 166 valence electrons. The molecule has 2 aromatic rings. The molecule has 2 fully saturated rings. The van der Waals surface area contributed by atoms with Crippen LogP contribution in [0.3, 0.4) is 0 Å². The molecule has 1 saturated heterocycles. The van der Waals surface area contributed by atoms with Crippen molar-refractivity contribution < 1.29 is 8.42 Å². The summed E-state index contributed by atoms with van der Waals surface area (Å²) in [5, 5.41) is 7.09. The first-order valence-electron chi connectivity index (χ1n) is 11.1. The van der Waals surface area contributed by atoms with Gasteiger partial charge in [0.25, 0.3) is 0 Å². The molecule has 0 aromatic carbocycles. The van der Waals surface area contributed by atoms with Crippen LogP contribution in [0.25, 0.3) is 0 Å². The quantitative estimate of drug-likeness (QED) is 0.537. The predicted octanol–water partition coefficient (Wildman–Crippen LogP) is 4.43. The molecule has 0 radical (unpaired) electrons. The topological polar surface area (TPSA) is 60.1 Å². The van der Waals surface area contributed by atoms with Gasteiger partial charge in [0.1, 0.15) is 5.82 Å². The highest BCUT2D eigenvalue weighted by Gasteiger charge is 2.32. The van der Waals surface area contributed by atoms with Crippen molar-refractivity contribution in [2.75, 3.05) is 18.1 Å². The van der Waals surface area contributed by atoms with Crippen molar-refractivity contribution >= 4 is 33.4 Å². The van der Waals surface area contributed by atoms with Gasteiger partial charge in [0.15, 0.2) is 14.6 Å². The molecule has 1 unspecified atom stereocenters. The Balaban J connectivity index is 1.63. The number of nitrogens with zero attached hydrogens (tertiary/aromatic N) is 4. The van der Waals surface area contributed by atoms with Crippen LogP contribution in [0.1, 0.15) is 68.6 Å². The van der Waals surface area contributed by atoms with Gasteiger partial charge in [-0.25, -0.2) is 13.1 Å². The molecular formula is C21H32N4O2S3. The largest absolute Gasteiger partial charge is 0.301 e. The number of rotatable bonds is 8. The molecule has 4 rings (SSSR count). The molecule has 1 atom stereocenters. The highest BCUT2D eigenvalue weighted by atomic mass is 32.2. The molecule has 2 aliphatic rings. The van der Waals surface area contributed by atoms with Crippen molar-refractivity contribution in [2.24, 2.45) is 0 Å². The van der Waals surface area contributed by atoms with Crippen LogP contribution in [0.5, 0.6) is 0 Å². The minimum absolute atomic E-state index is 0.0671. The number of hydrogen-bond acceptors (Lipinski definition) is 6. The van der Waals surface area contributed by atoms with Gasteiger partial charge in [-0.2, -0.15) is 5.10 Å². The molecule has 9 heteroatoms. The minimum atomic E-state index is -2.92. The van der Waals surface area contributed by atoms with Gasteiger partial charge < -0.3 is 4.57 Å². The van der Waals surface area contributed by atoms with Crippen molar-refractivity contribution in [1.82, 2.24) is 19.2 Å². The van der Waals surface area contributed by atoms with Crippen molar-refractivity contribution in [2.45, 2.75) is 77.0 Å². The van der Waals surface area contributed by atoms with Gasteiger partial charge in [-0.15, -0.1) is 11.3 Å². The average molecular weight is 469 g/mol. The summed E-state index contributed by atoms with van der Waals surface area (Å²) in [6.07, 6.45) is 8.62. The molecule has 1 aliphatic heterocycles. The maximum Gasteiger partial charge on any atom is 0.199 e. The Bertz CT molecular complexity index is 988. The van der Waals surface area contributed by atoms with Gasteiger partial charge in [-0.3, -0.25) is 4.90 Å². The Hall–Kier alpha value is -1.03. The summed E-state index contributed by atoms with van der Waals surface area (Å²) in [5.74, 6) is 1.60. The van der Waals surface area contributed by atoms with Gasteiger partial charge >= 0.3 is 0 Å². The summed E-state index contributed by atoms with van der Waals surface area (Å²) < 4.78 is 29.1. The molecule has 0 spiro atoms. The van der Waals surface area contributed by atoms with E-state index in [0.29, 0.717) is 24.9 Å². The Labute approximate surface area is 188 Å². The van der Waals surface area contributed by atoms with Crippen LogP contribution in [0.4, 0.5) is 0 Å². The number of thiophene rings is 1. The number of hydrogen-bond donors (Lipinski definition) is 0. The maximum absolute atomic E-state index is 12.0. The zero-order valence-corrected chi connectivity index (χ0v) is 20.2. The standard InChI is InChI=1S/C21H32N4O2S3/c1-2-11-23(18-10-13-30(26,27)15-18)16-24-21(28)25(17-7-4-3-5-8-17)20(22-24)14-19-9-6-12-29-19/h6,9,12,17-18H,2-5,7-8,10-11,13-16H2,1H3. The fourth-order valence-electron chi connectivity index (χ4n) is 4.84. The maximum atomic E-state index is 12.0. The third-order valence-electron chi connectivity index (χ3n) is 6.34. The second kappa shape index (κ2) is 9.63. The van der Waals surface area contributed by atoms with Crippen molar-refractivity contribution in [3.63, 3.8) is 0 Å². The van der Waals surface area contributed by atoms with Gasteiger partial charge in [0.2, 0.25) is 0 Å². The van der Waals surface area contributed by atoms with E-state index >= 15 is 0 Å². The first kappa shape index (κ1) is 22.2. The Morgan fingerprint density at radius 1 is 1.27 bits per heavy atom. The second-order valence-corrected chi connectivity index (χ2v) is 12.3. The van der Waals surface area contributed by atoms with Gasteiger partial charge in [-0.1, -0.05) is 32.3 Å². The highest BCUT2D eigenvalue weighted by molar-refractivity contribution is 7.91. The van der Waals surface area contributed by atoms with Crippen molar-refractivity contribution in [3.05, 3.63) is 33.0 Å². The summed E-state index contributed by atoms with van der Waals surface area (Å²) in [7, 11) is -2.92. The third kappa shape index (κ3) is 5.06. The van der Waals surface area contributed by atoms with Crippen LogP contribution in [0.15, 0.2) is 17.5 Å². The van der Waals surface area contributed by atoms with Crippen LogP contribution in [0.2, 0.25) is 0 Å². The summed E-state index contributed by atoms with van der Waals surface area (Å²) >= 11 is 7.69. The molecule has 0 amide bonds. The van der Waals surface area contributed by atoms with E-state index in [1.807, 2.05) is 4.68 Å². The van der Waals surface area contributed by atoms with Gasteiger partial charge in [-0.05, 0) is 55.9 Å². The monoisotopic (exact) mass is 468 g/mol. The summed E-state index contributed by atoms with van der Waals surface area (Å²) in [4.78, 5) is 3.57. The van der Waals surface area contributed by atoms with Gasteiger partial charge in [0.05, 0.1) is 18.2 Å². The lowest BCUT2D eigenvalue weighted by Gasteiger charge is -2.27. The predicted molar refractivity (Wildman–Crippen MR) is 124 cm³/mol. The zero-order valence-electron chi connectivity index (χ0n) is 17.7. The second-order valence-electron chi connectivity index (χ2n) is 8.63. The van der Waals surface area contributed by atoms with E-state index in [9.17, 15) is 8.42 Å². The first-order chi connectivity index (χ1) is 14.5. The van der Waals surface area contributed by atoms with E-state index in [1.54, 1.807) is 11.3 Å². The molecule has 3 heterocycles. The number of sulfone groups is 1. The molecular weight excluding hydrogens is 436 g/mol. The average Bonchev–Trinajstić information content (AvgIpc) is 3.43. The lowest BCUT2D eigenvalue weighted by Crippen LogP contribution is -2.38. The normalized spacial score (nSPS) is 22.1. The third-order valence-corrected chi connectivity index (χ3v) is 9.38. The molecule has 30 heavy (non-hydrogen) atoms. The molecule has 0 N–H and O–H groups in total. The van der Waals surface area contributed by atoms with Gasteiger partial charge in [0, 0.05) is 23.4 Å². The number of aromatic nitrogens is 3. The van der Waals surface area contributed by atoms with E-state index in [0.717, 1.165) is 42.8 Å². The smallest absolute Gasteiger partial charge is 0.199 e. The summed E-state index contributed by atoms with van der Waals surface area (Å²) in [6.45, 7) is 3.57. The Kier molecular flexibility index (Phi) is 7.12. The Morgan fingerprint density at radius 3 is 2.70 bits per heavy atom. The zero-order chi connectivity index (χ0) is 21.1. The fraction of sp³-hybridized carbons (Fsp3) is 0.714. The van der Waals surface area contributed by atoms with Crippen molar-refractivity contribution in [3.8, 4) is 0 Å². The molecule has 1 aliphatic carbocycles. The molecule has 0 bridgehead atoms. The minimum Gasteiger partial charge on any atom is -0.301 e. The summed E-state index contributed by atoms with van der Waals surface area (Å²) in [5.41, 5.74) is 0. The van der Waals surface area contributed by atoms with E-state index in [4.69, 9.17) is 17.3 Å². The highest BCUT2D eigenvalue weighted by Crippen LogP contribution is 2.30. The SMILES string of the molecule is CCCN(Cn1nc(Cc2cccs2)n(C2CCCCC2)c1=S)C1CCS(=O)(=O)C1. The van der Waals surface area contributed by atoms with E-state index in [1.165, 1.54) is 24.1 Å². The molecule has 6 nitrogen and oxygen atoms in total. The van der Waals surface area contributed by atoms with E-state index < -0.39 is 9.84 Å². The van der Waals surface area contributed by atoms with Crippen LogP contribution in [0, 0.1) is 4.77 Å². The molecule has 2 aromatic heterocycles. The van der Waals surface area contributed by atoms with Crippen LogP contribution in [-0.4, -0.2) is 51.8 Å². The Morgan fingerprint density at radius 2 is 2.07 bits per heavy atom. The first-order valence-corrected chi connectivity index (χ1v) is 14.2. The van der Waals surface area contributed by atoms with E-state index in [-0.39, 0.29) is 11.8 Å². The van der Waals surface area contributed by atoms with Crippen LogP contribution < -0.4 is 0 Å². The molecule has 1 saturated carbocycles.